The molecule has 3 fully saturated rings. The second-order valence-corrected chi connectivity index (χ2v) is 8.63. The van der Waals surface area contributed by atoms with Crippen LogP contribution in [0.5, 0.6) is 0 Å². The second-order valence-electron chi connectivity index (χ2n) is 8.63. The van der Waals surface area contributed by atoms with Gasteiger partial charge in [-0.25, -0.2) is 4.39 Å². The van der Waals surface area contributed by atoms with E-state index in [-0.39, 0.29) is 42.6 Å². The first kappa shape index (κ1) is 25.2. The summed E-state index contributed by atoms with van der Waals surface area (Å²) in [7, 11) is 0. The van der Waals surface area contributed by atoms with Crippen LogP contribution in [0.2, 0.25) is 0 Å². The van der Waals surface area contributed by atoms with E-state index in [1.165, 1.54) is 25.0 Å². The molecule has 1 aromatic rings. The van der Waals surface area contributed by atoms with Gasteiger partial charge in [-0.3, -0.25) is 9.69 Å². The van der Waals surface area contributed by atoms with E-state index in [9.17, 15) is 9.18 Å². The van der Waals surface area contributed by atoms with E-state index in [0.717, 1.165) is 70.3 Å². The van der Waals surface area contributed by atoms with E-state index in [1.54, 1.807) is 0 Å². The van der Waals surface area contributed by atoms with Gasteiger partial charge in [-0.1, -0.05) is 0 Å². The van der Waals surface area contributed by atoms with Crippen molar-refractivity contribution in [1.82, 2.24) is 15.1 Å². The Morgan fingerprint density at radius 3 is 2.17 bits per heavy atom. The number of hydrogen-bond acceptors (Lipinski definition) is 4. The van der Waals surface area contributed by atoms with Crippen LogP contribution >= 0.6 is 24.8 Å². The first-order valence-corrected chi connectivity index (χ1v) is 10.9. The summed E-state index contributed by atoms with van der Waals surface area (Å²) in [4.78, 5) is 19.6. The molecule has 1 unspecified atom stereocenters. The zero-order chi connectivity index (χ0) is 19.5. The molecule has 1 atom stereocenters. The lowest BCUT2D eigenvalue weighted by Gasteiger charge is -2.41. The molecule has 0 aromatic heterocycles. The number of nitrogens with one attached hydrogen (secondary N) is 1. The molecular formula is C22H35Cl2FN4O. The van der Waals surface area contributed by atoms with Crippen molar-refractivity contribution in [2.24, 2.45) is 5.92 Å². The molecule has 0 bridgehead atoms. The lowest BCUT2D eigenvalue weighted by Crippen LogP contribution is -2.56. The van der Waals surface area contributed by atoms with Crippen LogP contribution in [-0.2, 0) is 4.79 Å². The minimum atomic E-state index is -0.201. The first-order valence-electron chi connectivity index (χ1n) is 10.9. The summed E-state index contributed by atoms with van der Waals surface area (Å²) in [5.74, 6) is 0.984. The van der Waals surface area contributed by atoms with Gasteiger partial charge in [0.1, 0.15) is 5.82 Å². The van der Waals surface area contributed by atoms with Gasteiger partial charge in [-0.2, -0.15) is 0 Å². The largest absolute Gasteiger partial charge is 0.369 e. The van der Waals surface area contributed by atoms with Crippen molar-refractivity contribution < 1.29 is 9.18 Å². The highest BCUT2D eigenvalue weighted by Gasteiger charge is 2.31. The van der Waals surface area contributed by atoms with Gasteiger partial charge in [0.15, 0.2) is 0 Å². The van der Waals surface area contributed by atoms with E-state index in [0.29, 0.717) is 6.04 Å². The minimum absolute atomic E-state index is 0. The molecule has 4 rings (SSSR count). The zero-order valence-electron chi connectivity index (χ0n) is 17.8. The Bertz CT molecular complexity index is 658. The number of piperazine rings is 1. The summed E-state index contributed by atoms with van der Waals surface area (Å²) < 4.78 is 13.1. The summed E-state index contributed by atoms with van der Waals surface area (Å²) in [6.45, 7) is 8.43. The average molecular weight is 461 g/mol. The Kier molecular flexibility index (Phi) is 9.67. The van der Waals surface area contributed by atoms with E-state index >= 15 is 0 Å². The summed E-state index contributed by atoms with van der Waals surface area (Å²) in [6, 6.07) is 7.21. The fourth-order valence-corrected chi connectivity index (χ4v) is 4.40. The van der Waals surface area contributed by atoms with Crippen LogP contribution < -0.4 is 10.2 Å². The minimum Gasteiger partial charge on any atom is -0.369 e. The van der Waals surface area contributed by atoms with Gasteiger partial charge in [-0.15, -0.1) is 24.8 Å². The Morgan fingerprint density at radius 2 is 1.60 bits per heavy atom. The molecular weight excluding hydrogens is 426 g/mol. The van der Waals surface area contributed by atoms with Gasteiger partial charge in [-0.05, 0) is 69.3 Å². The van der Waals surface area contributed by atoms with Crippen LogP contribution in [0.15, 0.2) is 24.3 Å². The summed E-state index contributed by atoms with van der Waals surface area (Å²) in [5, 5.41) is 3.68. The lowest BCUT2D eigenvalue weighted by atomic mass is 10.0. The Balaban J connectivity index is 0.00000160. The monoisotopic (exact) mass is 460 g/mol. The highest BCUT2D eigenvalue weighted by molar-refractivity contribution is 5.85. The number of nitrogens with zero attached hydrogens (tertiary/aromatic N) is 3. The Labute approximate surface area is 192 Å². The zero-order valence-corrected chi connectivity index (χ0v) is 19.4. The topological polar surface area (TPSA) is 38.8 Å². The van der Waals surface area contributed by atoms with Crippen molar-refractivity contribution in [1.29, 1.82) is 0 Å². The molecule has 1 aromatic carbocycles. The van der Waals surface area contributed by atoms with Crippen molar-refractivity contribution in [3.63, 3.8) is 0 Å². The van der Waals surface area contributed by atoms with Gasteiger partial charge in [0.05, 0.1) is 6.04 Å². The number of rotatable bonds is 6. The van der Waals surface area contributed by atoms with E-state index in [1.807, 2.05) is 19.1 Å². The average Bonchev–Trinajstić information content (AvgIpc) is 3.57. The number of halogens is 3. The van der Waals surface area contributed by atoms with Crippen LogP contribution in [0.25, 0.3) is 0 Å². The maximum absolute atomic E-state index is 13.1. The van der Waals surface area contributed by atoms with Crippen molar-refractivity contribution in [2.75, 3.05) is 50.7 Å². The molecule has 1 aliphatic carbocycles. The Hall–Kier alpha value is -1.08. The van der Waals surface area contributed by atoms with Gasteiger partial charge < -0.3 is 15.1 Å². The molecule has 2 heterocycles. The number of piperidine rings is 1. The number of amides is 1. The highest BCUT2D eigenvalue weighted by Crippen LogP contribution is 2.28. The summed E-state index contributed by atoms with van der Waals surface area (Å²) in [5.41, 5.74) is 1.06. The molecule has 170 valence electrons. The third kappa shape index (κ3) is 6.46. The molecule has 30 heavy (non-hydrogen) atoms. The first-order chi connectivity index (χ1) is 13.6. The van der Waals surface area contributed by atoms with Gasteiger partial charge >= 0.3 is 0 Å². The van der Waals surface area contributed by atoms with Crippen molar-refractivity contribution in [3.05, 3.63) is 30.1 Å². The molecule has 1 N–H and O–H groups in total. The van der Waals surface area contributed by atoms with E-state index in [4.69, 9.17) is 0 Å². The molecule has 8 heteroatoms. The lowest BCUT2D eigenvalue weighted by molar-refractivity contribution is -0.137. The standard InChI is InChI=1S/C22H33FN4O.2ClH/c1-17(22(28)27-10-8-20(9-11-27)24-16-18-2-3-18)25-12-14-26(15-13-25)21-6-4-19(23)5-7-21;;/h4-7,17-18,20,24H,2-3,8-16H2,1H3;2*1H. The van der Waals surface area contributed by atoms with E-state index < -0.39 is 0 Å². The molecule has 3 aliphatic rings. The van der Waals surface area contributed by atoms with Crippen LogP contribution in [-0.4, -0.2) is 73.6 Å². The van der Waals surface area contributed by atoms with Crippen LogP contribution in [0, 0.1) is 11.7 Å². The second kappa shape index (κ2) is 11.5. The smallest absolute Gasteiger partial charge is 0.239 e. The quantitative estimate of drug-likeness (QED) is 0.707. The Morgan fingerprint density at radius 1 is 1.00 bits per heavy atom. The SMILES string of the molecule is CC(C(=O)N1CCC(NCC2CC2)CC1)N1CCN(c2ccc(F)cc2)CC1.Cl.Cl. The molecule has 0 radical (unpaired) electrons. The van der Waals surface area contributed by atoms with Crippen molar-refractivity contribution in [2.45, 2.75) is 44.7 Å². The summed E-state index contributed by atoms with van der Waals surface area (Å²) in [6.07, 6.45) is 4.92. The van der Waals surface area contributed by atoms with Crippen molar-refractivity contribution in [3.8, 4) is 0 Å². The van der Waals surface area contributed by atoms with E-state index in [2.05, 4.69) is 20.0 Å². The third-order valence-electron chi connectivity index (χ3n) is 6.61. The predicted octanol–water partition coefficient (Wildman–Crippen LogP) is 3.17. The maximum atomic E-state index is 13.1. The molecule has 1 amide bonds. The summed E-state index contributed by atoms with van der Waals surface area (Å²) >= 11 is 0. The van der Waals surface area contributed by atoms with Gasteiger partial charge in [0.2, 0.25) is 5.91 Å². The number of likely N-dealkylation sites (tertiary alicyclic amines) is 1. The maximum Gasteiger partial charge on any atom is 0.239 e. The van der Waals surface area contributed by atoms with Gasteiger partial charge in [0.25, 0.3) is 0 Å². The van der Waals surface area contributed by atoms with Crippen molar-refractivity contribution >= 4 is 36.4 Å². The van der Waals surface area contributed by atoms with Crippen LogP contribution in [0.3, 0.4) is 0 Å². The number of carbonyl (C=O) groups is 1. The third-order valence-corrected chi connectivity index (χ3v) is 6.61. The molecule has 5 nitrogen and oxygen atoms in total. The number of hydrogen-bond donors (Lipinski definition) is 1. The molecule has 1 saturated carbocycles. The van der Waals surface area contributed by atoms with Gasteiger partial charge in [0, 0.05) is 51.0 Å². The molecule has 0 spiro atoms. The number of anilines is 1. The normalized spacial score (nSPS) is 21.5. The number of carbonyl (C=O) groups excluding carboxylic acids is 1. The molecule has 2 saturated heterocycles. The molecule has 2 aliphatic heterocycles. The number of benzene rings is 1. The predicted molar refractivity (Wildman–Crippen MR) is 124 cm³/mol. The fourth-order valence-electron chi connectivity index (χ4n) is 4.40. The fraction of sp³-hybridized carbons (Fsp3) is 0.682. The highest BCUT2D eigenvalue weighted by atomic mass is 35.5. The van der Waals surface area contributed by atoms with Crippen LogP contribution in [0.4, 0.5) is 10.1 Å². The van der Waals surface area contributed by atoms with Crippen LogP contribution in [0.1, 0.15) is 32.6 Å².